The van der Waals surface area contributed by atoms with Crippen molar-refractivity contribution in [1.82, 2.24) is 4.90 Å². The third kappa shape index (κ3) is 2.32. The summed E-state index contributed by atoms with van der Waals surface area (Å²) >= 11 is 0. The van der Waals surface area contributed by atoms with Gasteiger partial charge in [-0.15, -0.1) is 0 Å². The maximum absolute atomic E-state index is 6.75. The van der Waals surface area contributed by atoms with Crippen LogP contribution < -0.4 is 9.47 Å². The number of fused-ring (bicyclic) bond motifs is 2. The van der Waals surface area contributed by atoms with Crippen LogP contribution in [0.3, 0.4) is 0 Å². The topological polar surface area (TPSA) is 40.2 Å². The van der Waals surface area contributed by atoms with Crippen molar-refractivity contribution >= 4 is 8.32 Å². The summed E-state index contributed by atoms with van der Waals surface area (Å²) in [6.07, 6.45) is 5.97. The lowest BCUT2D eigenvalue weighted by molar-refractivity contribution is 0.0680. The summed E-state index contributed by atoms with van der Waals surface area (Å²) in [4.78, 5) is 2.59. The number of rotatable bonds is 3. The minimum Gasteiger partial charge on any atom is -0.454 e. The van der Waals surface area contributed by atoms with Crippen molar-refractivity contribution in [2.45, 2.75) is 56.3 Å². The second-order valence-electron chi connectivity index (χ2n) is 8.83. The predicted octanol–water partition coefficient (Wildman–Crippen LogP) is 3.05. The van der Waals surface area contributed by atoms with Crippen LogP contribution in [0.1, 0.15) is 17.5 Å². The molecule has 140 valence electrons. The largest absolute Gasteiger partial charge is 0.454 e. The molecule has 1 saturated heterocycles. The Morgan fingerprint density at radius 2 is 1.96 bits per heavy atom. The van der Waals surface area contributed by atoms with Gasteiger partial charge in [0.1, 0.15) is 0 Å². The number of hydrogen-bond acceptors (Lipinski definition) is 5. The van der Waals surface area contributed by atoms with Crippen molar-refractivity contribution in [1.29, 1.82) is 0 Å². The van der Waals surface area contributed by atoms with Gasteiger partial charge in [0, 0.05) is 26.2 Å². The molecule has 1 aromatic rings. The van der Waals surface area contributed by atoms with Crippen LogP contribution in [-0.2, 0) is 21.1 Å². The Balaban J connectivity index is 1.67. The molecule has 2 bridgehead atoms. The first-order valence-corrected chi connectivity index (χ1v) is 12.9. The molecule has 26 heavy (non-hydrogen) atoms. The molecule has 3 aliphatic heterocycles. The molecular weight excluding hydrogens is 346 g/mol. The van der Waals surface area contributed by atoms with Crippen LogP contribution in [0, 0.1) is 0 Å². The van der Waals surface area contributed by atoms with Crippen LogP contribution >= 0.6 is 0 Å². The number of hydrogen-bond donors (Lipinski definition) is 0. The Morgan fingerprint density at radius 3 is 2.69 bits per heavy atom. The van der Waals surface area contributed by atoms with Gasteiger partial charge in [-0.2, -0.15) is 0 Å². The Hall–Kier alpha value is -1.34. The molecule has 0 aromatic heterocycles. The summed E-state index contributed by atoms with van der Waals surface area (Å²) in [5.41, 5.74) is 2.58. The first kappa shape index (κ1) is 16.8. The second kappa shape index (κ2) is 5.58. The lowest BCUT2D eigenvalue weighted by atomic mass is 9.65. The van der Waals surface area contributed by atoms with E-state index in [9.17, 15) is 0 Å². The van der Waals surface area contributed by atoms with Crippen molar-refractivity contribution in [2.24, 2.45) is 0 Å². The Labute approximate surface area is 156 Å². The SMILES string of the molecule is COC1C=CC23c4cc5c(cc4CN(CC2O[Si](C)(C)C)C3C1)OCO5. The van der Waals surface area contributed by atoms with Gasteiger partial charge in [-0.1, -0.05) is 12.2 Å². The van der Waals surface area contributed by atoms with Gasteiger partial charge < -0.3 is 18.6 Å². The minimum absolute atomic E-state index is 0.121. The van der Waals surface area contributed by atoms with Gasteiger partial charge in [-0.05, 0) is 49.3 Å². The predicted molar refractivity (Wildman–Crippen MR) is 101 cm³/mol. The van der Waals surface area contributed by atoms with Crippen LogP contribution in [0.4, 0.5) is 0 Å². The van der Waals surface area contributed by atoms with E-state index >= 15 is 0 Å². The summed E-state index contributed by atoms with van der Waals surface area (Å²) in [7, 11) is 0.122. The summed E-state index contributed by atoms with van der Waals surface area (Å²) < 4.78 is 23.8. The second-order valence-corrected chi connectivity index (χ2v) is 13.3. The number of methoxy groups -OCH3 is 1. The normalized spacial score (nSPS) is 36.8. The Morgan fingerprint density at radius 1 is 1.19 bits per heavy atom. The van der Waals surface area contributed by atoms with E-state index in [-0.39, 0.29) is 17.6 Å². The van der Waals surface area contributed by atoms with E-state index in [1.807, 2.05) is 0 Å². The Bertz CT molecular complexity index is 774. The van der Waals surface area contributed by atoms with Crippen molar-refractivity contribution in [3.63, 3.8) is 0 Å². The zero-order valence-electron chi connectivity index (χ0n) is 16.0. The molecule has 5 rings (SSSR count). The maximum atomic E-state index is 6.75. The lowest BCUT2D eigenvalue weighted by Crippen LogP contribution is -2.54. The molecule has 6 heteroatoms. The lowest BCUT2D eigenvalue weighted by Gasteiger charge is -2.47. The molecule has 0 N–H and O–H groups in total. The molecule has 5 nitrogen and oxygen atoms in total. The highest BCUT2D eigenvalue weighted by Gasteiger charge is 2.60. The third-order valence-corrected chi connectivity index (χ3v) is 7.20. The minimum atomic E-state index is -1.68. The molecule has 1 fully saturated rings. The van der Waals surface area contributed by atoms with Gasteiger partial charge >= 0.3 is 0 Å². The fourth-order valence-electron chi connectivity index (χ4n) is 5.23. The number of nitrogens with zero attached hydrogens (tertiary/aromatic N) is 1. The molecule has 3 heterocycles. The quantitative estimate of drug-likeness (QED) is 0.602. The highest BCUT2D eigenvalue weighted by atomic mass is 28.4. The van der Waals surface area contributed by atoms with Crippen molar-refractivity contribution in [2.75, 3.05) is 20.4 Å². The molecular formula is C20H27NO4Si. The van der Waals surface area contributed by atoms with Crippen molar-refractivity contribution < 1.29 is 18.6 Å². The van der Waals surface area contributed by atoms with Crippen LogP contribution in [0.15, 0.2) is 24.3 Å². The smallest absolute Gasteiger partial charge is 0.231 e. The van der Waals surface area contributed by atoms with E-state index in [0.717, 1.165) is 31.0 Å². The van der Waals surface area contributed by atoms with E-state index in [0.29, 0.717) is 12.8 Å². The highest BCUT2D eigenvalue weighted by molar-refractivity contribution is 6.69. The molecule has 5 unspecified atom stereocenters. The summed E-state index contributed by atoms with van der Waals surface area (Å²) in [5, 5.41) is 0. The van der Waals surface area contributed by atoms with E-state index in [4.69, 9.17) is 18.6 Å². The fourth-order valence-corrected chi connectivity index (χ4v) is 6.35. The first-order chi connectivity index (χ1) is 12.4. The maximum Gasteiger partial charge on any atom is 0.231 e. The van der Waals surface area contributed by atoms with Crippen LogP contribution in [0.5, 0.6) is 11.5 Å². The van der Waals surface area contributed by atoms with E-state index in [2.05, 4.69) is 48.8 Å². The van der Waals surface area contributed by atoms with E-state index < -0.39 is 8.32 Å². The van der Waals surface area contributed by atoms with Crippen molar-refractivity contribution in [3.8, 4) is 11.5 Å². The third-order valence-electron chi connectivity index (χ3n) is 6.20. The van der Waals surface area contributed by atoms with Gasteiger partial charge in [0.15, 0.2) is 19.8 Å². The molecule has 0 radical (unpaired) electrons. The molecule has 4 aliphatic rings. The summed E-state index contributed by atoms with van der Waals surface area (Å²) in [6.45, 7) is 9.06. The monoisotopic (exact) mass is 373 g/mol. The van der Waals surface area contributed by atoms with Crippen LogP contribution in [0.25, 0.3) is 0 Å². The molecule has 1 aromatic carbocycles. The van der Waals surface area contributed by atoms with E-state index in [1.54, 1.807) is 7.11 Å². The average molecular weight is 374 g/mol. The zero-order valence-corrected chi connectivity index (χ0v) is 17.0. The van der Waals surface area contributed by atoms with Gasteiger partial charge in [-0.3, -0.25) is 4.90 Å². The van der Waals surface area contributed by atoms with Crippen LogP contribution in [0.2, 0.25) is 19.6 Å². The molecule has 5 atom stereocenters. The van der Waals surface area contributed by atoms with Crippen molar-refractivity contribution in [3.05, 3.63) is 35.4 Å². The van der Waals surface area contributed by atoms with Gasteiger partial charge in [0.25, 0.3) is 0 Å². The standard InChI is InChI=1S/C20H27NO4Si/c1-22-14-5-6-20-15-9-17-16(23-12-24-17)7-13(15)10-21(18(20)8-14)11-19(20)25-26(2,3)4/h5-7,9,14,18-19H,8,10-12H2,1-4H3. The molecule has 0 spiro atoms. The average Bonchev–Trinajstić information content (AvgIpc) is 3.12. The van der Waals surface area contributed by atoms with Gasteiger partial charge in [-0.25, -0.2) is 0 Å². The fraction of sp³-hybridized carbons (Fsp3) is 0.600. The first-order valence-electron chi connectivity index (χ1n) is 9.48. The summed E-state index contributed by atoms with van der Waals surface area (Å²) in [6, 6.07) is 4.80. The van der Waals surface area contributed by atoms with Crippen LogP contribution in [-0.4, -0.2) is 51.9 Å². The molecule has 1 aliphatic carbocycles. The van der Waals surface area contributed by atoms with E-state index in [1.165, 1.54) is 11.1 Å². The Kier molecular flexibility index (Phi) is 3.61. The number of ether oxygens (including phenoxy) is 3. The molecule has 0 amide bonds. The zero-order chi connectivity index (χ0) is 18.1. The number of benzene rings is 1. The van der Waals surface area contributed by atoms with Gasteiger partial charge in [0.05, 0.1) is 17.6 Å². The molecule has 0 saturated carbocycles. The summed E-state index contributed by atoms with van der Waals surface area (Å²) in [5.74, 6) is 1.74. The van der Waals surface area contributed by atoms with Gasteiger partial charge in [0.2, 0.25) is 6.79 Å². The highest BCUT2D eigenvalue weighted by Crippen LogP contribution is 2.54.